The number of carbonyl (C=O) groups excluding carboxylic acids is 1. The van der Waals surface area contributed by atoms with Crippen molar-refractivity contribution < 1.29 is 30.8 Å². The Hall–Kier alpha value is -2.64. The maximum atomic E-state index is 12.7. The van der Waals surface area contributed by atoms with E-state index in [4.69, 9.17) is 4.42 Å². The van der Waals surface area contributed by atoms with Gasteiger partial charge in [0.25, 0.3) is 0 Å². The minimum absolute atomic E-state index is 0.0390. The number of hydrogen-bond acceptors (Lipinski definition) is 7. The molecular weight excluding hydrogens is 451 g/mol. The first kappa shape index (κ1) is 24.0. The molecule has 13 heteroatoms. The Morgan fingerprint density at radius 2 is 2.03 bits per heavy atom. The molecule has 1 aromatic heterocycles. The first-order valence-corrected chi connectivity index (χ1v) is 11.4. The highest BCUT2D eigenvalue weighted by molar-refractivity contribution is 7.93. The van der Waals surface area contributed by atoms with Crippen molar-refractivity contribution in [1.82, 2.24) is 21.2 Å². The molecule has 0 bridgehead atoms. The van der Waals surface area contributed by atoms with E-state index in [0.29, 0.717) is 22.7 Å². The summed E-state index contributed by atoms with van der Waals surface area (Å²) in [5.74, 6) is 0.0348. The molecule has 1 aromatic carbocycles. The minimum atomic E-state index is -4.45. The lowest BCUT2D eigenvalue weighted by Crippen LogP contribution is -2.44. The van der Waals surface area contributed by atoms with Crippen LogP contribution in [0.2, 0.25) is 0 Å². The highest BCUT2D eigenvalue weighted by atomic mass is 32.2. The topological polar surface area (TPSA) is 125 Å². The van der Waals surface area contributed by atoms with Crippen LogP contribution in [0.3, 0.4) is 0 Å². The Morgan fingerprint density at radius 1 is 1.31 bits per heavy atom. The lowest BCUT2D eigenvalue weighted by Gasteiger charge is -2.13. The van der Waals surface area contributed by atoms with Gasteiger partial charge in [0, 0.05) is 11.3 Å². The second kappa shape index (κ2) is 9.08. The van der Waals surface area contributed by atoms with Gasteiger partial charge < -0.3 is 9.73 Å². The van der Waals surface area contributed by atoms with Crippen molar-refractivity contribution in [3.8, 4) is 11.5 Å². The van der Waals surface area contributed by atoms with Crippen molar-refractivity contribution in [2.24, 2.45) is 0 Å². The summed E-state index contributed by atoms with van der Waals surface area (Å²) in [4.78, 5) is 16.5. The van der Waals surface area contributed by atoms with Crippen molar-refractivity contribution in [3.63, 3.8) is 0 Å². The molecule has 2 aromatic rings. The average molecular weight is 475 g/mol. The molecule has 1 saturated heterocycles. The summed E-state index contributed by atoms with van der Waals surface area (Å²) in [6, 6.07) is 3.67. The van der Waals surface area contributed by atoms with Crippen molar-refractivity contribution in [2.45, 2.75) is 57.2 Å². The van der Waals surface area contributed by atoms with E-state index < -0.39 is 45.9 Å². The smallest absolute Gasteiger partial charge is 0.405 e. The number of hydrazine groups is 1. The van der Waals surface area contributed by atoms with Gasteiger partial charge in [0.15, 0.2) is 0 Å². The van der Waals surface area contributed by atoms with E-state index in [9.17, 15) is 26.4 Å². The van der Waals surface area contributed by atoms with E-state index in [1.807, 2.05) is 0 Å². The van der Waals surface area contributed by atoms with Crippen LogP contribution in [0.15, 0.2) is 28.7 Å². The lowest BCUT2D eigenvalue weighted by molar-refractivity contribution is -0.153. The van der Waals surface area contributed by atoms with Gasteiger partial charge in [-0.25, -0.2) is 24.3 Å². The normalized spacial score (nSPS) is 19.3. The predicted molar refractivity (Wildman–Crippen MR) is 111 cm³/mol. The molecule has 0 spiro atoms. The number of benzene rings is 1. The van der Waals surface area contributed by atoms with Crippen molar-refractivity contribution in [1.29, 1.82) is 0 Å². The first-order chi connectivity index (χ1) is 14.9. The number of alkyl halides is 3. The van der Waals surface area contributed by atoms with Crippen LogP contribution in [-0.4, -0.2) is 42.8 Å². The van der Waals surface area contributed by atoms with Crippen LogP contribution in [0.25, 0.3) is 11.5 Å². The third kappa shape index (κ3) is 5.58. The summed E-state index contributed by atoms with van der Waals surface area (Å²) < 4.78 is 70.5. The molecule has 1 fully saturated rings. The summed E-state index contributed by atoms with van der Waals surface area (Å²) in [7, 11) is -3.52. The zero-order chi connectivity index (χ0) is 23.7. The Balaban J connectivity index is 1.66. The first-order valence-electron chi connectivity index (χ1n) is 9.80. The van der Waals surface area contributed by atoms with E-state index in [2.05, 4.69) is 25.9 Å². The average Bonchev–Trinajstić information content (AvgIpc) is 3.33. The molecule has 0 radical (unpaired) electrons. The number of nitrogens with zero attached hydrogens (tertiary/aromatic N) is 1. The van der Waals surface area contributed by atoms with Crippen LogP contribution in [0.1, 0.15) is 31.7 Å². The minimum Gasteiger partial charge on any atom is -0.441 e. The highest BCUT2D eigenvalue weighted by Gasteiger charge is 2.45. The van der Waals surface area contributed by atoms with Crippen LogP contribution in [0, 0.1) is 6.92 Å². The van der Waals surface area contributed by atoms with Crippen LogP contribution >= 0.6 is 0 Å². The fourth-order valence-electron chi connectivity index (χ4n) is 2.95. The molecule has 2 atom stereocenters. The third-order valence-electron chi connectivity index (χ3n) is 4.93. The van der Waals surface area contributed by atoms with Crippen molar-refractivity contribution >= 4 is 21.6 Å². The number of nitrogens with one attached hydrogen (secondary N) is 4. The molecule has 0 aliphatic carbocycles. The van der Waals surface area contributed by atoms with E-state index >= 15 is 0 Å². The van der Waals surface area contributed by atoms with Gasteiger partial charge in [-0.2, -0.15) is 13.2 Å². The number of sulfonamides is 1. The molecule has 9 nitrogen and oxygen atoms in total. The third-order valence-corrected chi connectivity index (χ3v) is 6.69. The zero-order valence-corrected chi connectivity index (χ0v) is 18.4. The maximum Gasteiger partial charge on any atom is 0.405 e. The van der Waals surface area contributed by atoms with Gasteiger partial charge in [-0.15, -0.1) is 0 Å². The quantitative estimate of drug-likeness (QED) is 0.484. The van der Waals surface area contributed by atoms with Gasteiger partial charge in [-0.05, 0) is 45.4 Å². The Labute approximate surface area is 183 Å². The Morgan fingerprint density at radius 3 is 2.66 bits per heavy atom. The van der Waals surface area contributed by atoms with Crippen LogP contribution < -0.4 is 20.9 Å². The fourth-order valence-corrected chi connectivity index (χ4v) is 3.64. The van der Waals surface area contributed by atoms with E-state index in [-0.39, 0.29) is 12.4 Å². The molecule has 0 saturated carbocycles. The molecule has 4 N–H and O–H groups in total. The summed E-state index contributed by atoms with van der Waals surface area (Å²) in [5, 5.41) is 1.94. The second-order valence-electron chi connectivity index (χ2n) is 7.69. The van der Waals surface area contributed by atoms with Gasteiger partial charge in [0.05, 0.1) is 11.8 Å². The number of amides is 1. The predicted octanol–water partition coefficient (Wildman–Crippen LogP) is 2.21. The van der Waals surface area contributed by atoms with Crippen LogP contribution in [-0.2, 0) is 21.4 Å². The van der Waals surface area contributed by atoms with E-state index in [0.717, 1.165) is 0 Å². The van der Waals surface area contributed by atoms with Gasteiger partial charge in [0.1, 0.15) is 23.5 Å². The summed E-state index contributed by atoms with van der Waals surface area (Å²) in [6.07, 6.45) is -4.87. The standard InChI is InChI=1S/C19H24F3N5O4S/c1-10(2)32(29,30)27-13-6-4-5-12(7-13)18-24-15(11(3)31-18)9-23-17(28)14-8-16(26-25-14)19(20,21)22/h4-7,10,14,16,25-27H,8-9H2,1-3H3,(H,23,28). The van der Waals surface area contributed by atoms with Gasteiger partial charge >= 0.3 is 6.18 Å². The molecule has 1 aliphatic heterocycles. The number of hydrogen-bond donors (Lipinski definition) is 4. The number of oxazole rings is 1. The Bertz CT molecular complexity index is 1080. The number of halogens is 3. The number of carbonyl (C=O) groups is 1. The number of rotatable bonds is 7. The molecule has 2 unspecified atom stereocenters. The largest absolute Gasteiger partial charge is 0.441 e. The monoisotopic (exact) mass is 475 g/mol. The maximum absolute atomic E-state index is 12.7. The lowest BCUT2D eigenvalue weighted by atomic mass is 10.1. The molecule has 1 aliphatic rings. The summed E-state index contributed by atoms with van der Waals surface area (Å²) >= 11 is 0. The molecule has 2 heterocycles. The summed E-state index contributed by atoms with van der Waals surface area (Å²) in [6.45, 7) is 4.72. The molecule has 176 valence electrons. The molecule has 1 amide bonds. The second-order valence-corrected chi connectivity index (χ2v) is 9.92. The number of anilines is 1. The van der Waals surface area contributed by atoms with Crippen LogP contribution in [0.5, 0.6) is 0 Å². The Kier molecular flexibility index (Phi) is 6.81. The number of aryl methyl sites for hydroxylation is 1. The fraction of sp³-hybridized carbons (Fsp3) is 0.474. The highest BCUT2D eigenvalue weighted by Crippen LogP contribution is 2.27. The van der Waals surface area contributed by atoms with Crippen molar-refractivity contribution in [2.75, 3.05) is 4.72 Å². The zero-order valence-electron chi connectivity index (χ0n) is 17.6. The van der Waals surface area contributed by atoms with E-state index in [1.165, 1.54) is 0 Å². The van der Waals surface area contributed by atoms with Gasteiger partial charge in [0.2, 0.25) is 21.8 Å². The van der Waals surface area contributed by atoms with E-state index in [1.54, 1.807) is 45.0 Å². The molecule has 32 heavy (non-hydrogen) atoms. The SMILES string of the molecule is Cc1oc(-c2cccc(NS(=O)(=O)C(C)C)c2)nc1CNC(=O)C1CC(C(F)(F)F)NN1. The van der Waals surface area contributed by atoms with Gasteiger partial charge in [-0.1, -0.05) is 6.07 Å². The summed E-state index contributed by atoms with van der Waals surface area (Å²) in [5.41, 5.74) is 5.69. The van der Waals surface area contributed by atoms with Crippen LogP contribution in [0.4, 0.5) is 18.9 Å². The molecule has 3 rings (SSSR count). The molecular formula is C19H24F3N5O4S. The van der Waals surface area contributed by atoms with Gasteiger partial charge in [-0.3, -0.25) is 9.52 Å². The number of aromatic nitrogens is 1. The van der Waals surface area contributed by atoms with Crippen molar-refractivity contribution in [3.05, 3.63) is 35.7 Å².